The maximum absolute atomic E-state index is 11.7. The van der Waals surface area contributed by atoms with Gasteiger partial charge in [-0.15, -0.1) is 0 Å². The first kappa shape index (κ1) is 17.2. The summed E-state index contributed by atoms with van der Waals surface area (Å²) in [5, 5.41) is 0. The number of methoxy groups -OCH3 is 1. The Balaban J connectivity index is 2.58. The van der Waals surface area contributed by atoms with Crippen molar-refractivity contribution in [1.82, 2.24) is 0 Å². The standard InChI is InChI=1S/C17H24O4/c1-12(16(19)20-5)10-13-6-8-14(9-7-13)11-15(18)21-17(2,3)4/h6-9,12H,10-11H2,1-5H3. The van der Waals surface area contributed by atoms with E-state index >= 15 is 0 Å². The third-order valence-corrected chi connectivity index (χ3v) is 2.94. The van der Waals surface area contributed by atoms with E-state index in [4.69, 9.17) is 9.47 Å². The summed E-state index contributed by atoms with van der Waals surface area (Å²) in [5.41, 5.74) is 1.48. The van der Waals surface area contributed by atoms with Gasteiger partial charge in [-0.05, 0) is 38.3 Å². The highest BCUT2D eigenvalue weighted by molar-refractivity contribution is 5.73. The number of benzene rings is 1. The predicted molar refractivity (Wildman–Crippen MR) is 80.9 cm³/mol. The Kier molecular flexibility index (Phi) is 5.94. The molecule has 0 spiro atoms. The van der Waals surface area contributed by atoms with Crippen LogP contribution in [0.15, 0.2) is 24.3 Å². The van der Waals surface area contributed by atoms with Crippen LogP contribution in [0.4, 0.5) is 0 Å². The lowest BCUT2D eigenvalue weighted by molar-refractivity contribution is -0.154. The van der Waals surface area contributed by atoms with Gasteiger partial charge < -0.3 is 9.47 Å². The number of ether oxygens (including phenoxy) is 2. The Morgan fingerprint density at radius 3 is 2.10 bits per heavy atom. The zero-order chi connectivity index (χ0) is 16.0. The molecule has 0 saturated carbocycles. The Hall–Kier alpha value is -1.84. The third-order valence-electron chi connectivity index (χ3n) is 2.94. The van der Waals surface area contributed by atoms with E-state index in [1.54, 1.807) is 0 Å². The highest BCUT2D eigenvalue weighted by Crippen LogP contribution is 2.13. The molecule has 0 heterocycles. The fraction of sp³-hybridized carbons (Fsp3) is 0.529. The predicted octanol–water partition coefficient (Wildman–Crippen LogP) is 2.92. The van der Waals surface area contributed by atoms with E-state index in [1.807, 2.05) is 52.0 Å². The number of hydrogen-bond acceptors (Lipinski definition) is 4. The third kappa shape index (κ3) is 6.43. The van der Waals surface area contributed by atoms with Crippen LogP contribution in [0, 0.1) is 5.92 Å². The van der Waals surface area contributed by atoms with Crippen LogP contribution in [0.1, 0.15) is 38.8 Å². The minimum absolute atomic E-state index is 0.174. The van der Waals surface area contributed by atoms with Crippen molar-refractivity contribution in [2.75, 3.05) is 7.11 Å². The molecule has 1 unspecified atom stereocenters. The molecule has 0 radical (unpaired) electrons. The van der Waals surface area contributed by atoms with Gasteiger partial charge in [-0.1, -0.05) is 31.2 Å². The lowest BCUT2D eigenvalue weighted by Crippen LogP contribution is -2.24. The zero-order valence-electron chi connectivity index (χ0n) is 13.4. The molecule has 1 aromatic rings. The molecule has 4 heteroatoms. The summed E-state index contributed by atoms with van der Waals surface area (Å²) in [6.07, 6.45) is 0.878. The van der Waals surface area contributed by atoms with Gasteiger partial charge in [0, 0.05) is 0 Å². The number of carbonyl (C=O) groups excluding carboxylic acids is 2. The van der Waals surface area contributed by atoms with Crippen molar-refractivity contribution in [2.24, 2.45) is 5.92 Å². The molecule has 1 rings (SSSR count). The molecular weight excluding hydrogens is 268 g/mol. The minimum atomic E-state index is -0.465. The largest absolute Gasteiger partial charge is 0.469 e. The maximum atomic E-state index is 11.7. The summed E-state index contributed by atoms with van der Waals surface area (Å²) < 4.78 is 9.99. The van der Waals surface area contributed by atoms with Crippen LogP contribution in [0.3, 0.4) is 0 Å². The van der Waals surface area contributed by atoms with Crippen molar-refractivity contribution in [3.63, 3.8) is 0 Å². The van der Waals surface area contributed by atoms with E-state index in [-0.39, 0.29) is 24.3 Å². The number of rotatable bonds is 5. The van der Waals surface area contributed by atoms with Crippen LogP contribution in [-0.4, -0.2) is 24.6 Å². The van der Waals surface area contributed by atoms with Crippen LogP contribution in [0.25, 0.3) is 0 Å². The second-order valence-corrected chi connectivity index (χ2v) is 6.21. The topological polar surface area (TPSA) is 52.6 Å². The molecule has 0 aliphatic heterocycles. The molecule has 21 heavy (non-hydrogen) atoms. The van der Waals surface area contributed by atoms with Gasteiger partial charge in [0.15, 0.2) is 0 Å². The molecule has 0 fully saturated rings. The Bertz CT molecular complexity index is 483. The molecule has 116 valence electrons. The second-order valence-electron chi connectivity index (χ2n) is 6.21. The van der Waals surface area contributed by atoms with Gasteiger partial charge >= 0.3 is 11.9 Å². The van der Waals surface area contributed by atoms with Gasteiger partial charge in [-0.2, -0.15) is 0 Å². The number of hydrogen-bond donors (Lipinski definition) is 0. The van der Waals surface area contributed by atoms with Gasteiger partial charge in [0.05, 0.1) is 19.4 Å². The van der Waals surface area contributed by atoms with Crippen molar-refractivity contribution in [3.8, 4) is 0 Å². The maximum Gasteiger partial charge on any atom is 0.310 e. The van der Waals surface area contributed by atoms with Crippen LogP contribution in [0.2, 0.25) is 0 Å². The average Bonchev–Trinajstić information content (AvgIpc) is 2.37. The van der Waals surface area contributed by atoms with E-state index in [2.05, 4.69) is 0 Å². The molecule has 1 aromatic carbocycles. The summed E-state index contributed by atoms with van der Waals surface area (Å²) in [7, 11) is 1.39. The minimum Gasteiger partial charge on any atom is -0.469 e. The monoisotopic (exact) mass is 292 g/mol. The smallest absolute Gasteiger partial charge is 0.310 e. The van der Waals surface area contributed by atoms with E-state index in [0.717, 1.165) is 11.1 Å². The van der Waals surface area contributed by atoms with Crippen molar-refractivity contribution >= 4 is 11.9 Å². The Morgan fingerprint density at radius 2 is 1.62 bits per heavy atom. The first-order valence-electron chi connectivity index (χ1n) is 7.09. The second kappa shape index (κ2) is 7.25. The summed E-state index contributed by atoms with van der Waals surface area (Å²) in [6.45, 7) is 7.38. The molecule has 0 bridgehead atoms. The van der Waals surface area contributed by atoms with E-state index in [1.165, 1.54) is 7.11 Å². The highest BCUT2D eigenvalue weighted by atomic mass is 16.6. The lowest BCUT2D eigenvalue weighted by Gasteiger charge is -2.19. The highest BCUT2D eigenvalue weighted by Gasteiger charge is 2.17. The van der Waals surface area contributed by atoms with Gasteiger partial charge in [0.25, 0.3) is 0 Å². The van der Waals surface area contributed by atoms with E-state index in [9.17, 15) is 9.59 Å². The van der Waals surface area contributed by atoms with Crippen LogP contribution < -0.4 is 0 Å². The number of esters is 2. The van der Waals surface area contributed by atoms with Gasteiger partial charge in [0.1, 0.15) is 5.60 Å². The molecular formula is C17H24O4. The van der Waals surface area contributed by atoms with Crippen molar-refractivity contribution < 1.29 is 19.1 Å². The first-order chi connectivity index (χ1) is 9.71. The molecule has 0 saturated heterocycles. The van der Waals surface area contributed by atoms with Crippen molar-refractivity contribution in [3.05, 3.63) is 35.4 Å². The van der Waals surface area contributed by atoms with Crippen molar-refractivity contribution in [2.45, 2.75) is 46.1 Å². The quantitative estimate of drug-likeness (QED) is 0.783. The Morgan fingerprint density at radius 1 is 1.10 bits per heavy atom. The van der Waals surface area contributed by atoms with Crippen LogP contribution in [0.5, 0.6) is 0 Å². The van der Waals surface area contributed by atoms with Gasteiger partial charge in [0.2, 0.25) is 0 Å². The average molecular weight is 292 g/mol. The molecule has 4 nitrogen and oxygen atoms in total. The molecule has 1 atom stereocenters. The summed E-state index contributed by atoms with van der Waals surface area (Å²) in [5.74, 6) is -0.627. The first-order valence-corrected chi connectivity index (χ1v) is 7.09. The van der Waals surface area contributed by atoms with Crippen LogP contribution >= 0.6 is 0 Å². The zero-order valence-corrected chi connectivity index (χ0v) is 13.4. The van der Waals surface area contributed by atoms with E-state index < -0.39 is 5.60 Å². The summed E-state index contributed by atoms with van der Waals surface area (Å²) in [4.78, 5) is 23.1. The normalized spacial score (nSPS) is 12.6. The Labute approximate surface area is 126 Å². The SMILES string of the molecule is COC(=O)C(C)Cc1ccc(CC(=O)OC(C)(C)C)cc1. The molecule has 0 aliphatic rings. The summed E-state index contributed by atoms with van der Waals surface area (Å²) >= 11 is 0. The number of carbonyl (C=O) groups is 2. The van der Waals surface area contributed by atoms with Crippen LogP contribution in [-0.2, 0) is 31.9 Å². The molecule has 0 aliphatic carbocycles. The lowest BCUT2D eigenvalue weighted by atomic mass is 9.99. The van der Waals surface area contributed by atoms with Crippen molar-refractivity contribution in [1.29, 1.82) is 0 Å². The fourth-order valence-corrected chi connectivity index (χ4v) is 1.98. The van der Waals surface area contributed by atoms with Gasteiger partial charge in [-0.3, -0.25) is 9.59 Å². The molecule has 0 aromatic heterocycles. The van der Waals surface area contributed by atoms with Gasteiger partial charge in [-0.25, -0.2) is 0 Å². The van der Waals surface area contributed by atoms with E-state index in [0.29, 0.717) is 6.42 Å². The summed E-state index contributed by atoms with van der Waals surface area (Å²) in [6, 6.07) is 7.64. The fourth-order valence-electron chi connectivity index (χ4n) is 1.98. The molecule has 0 amide bonds. The molecule has 0 N–H and O–H groups in total.